The van der Waals surface area contributed by atoms with Gasteiger partial charge in [-0.25, -0.2) is 4.99 Å². The zero-order chi connectivity index (χ0) is 19.5. The van der Waals surface area contributed by atoms with Crippen LogP contribution in [0.3, 0.4) is 0 Å². The molecule has 0 aromatic heterocycles. The molecular formula is C21H28N4O2. The van der Waals surface area contributed by atoms with Gasteiger partial charge in [0.05, 0.1) is 12.6 Å². The van der Waals surface area contributed by atoms with E-state index in [2.05, 4.69) is 20.9 Å². The normalized spacial score (nSPS) is 12.3. The van der Waals surface area contributed by atoms with Gasteiger partial charge in [-0.15, -0.1) is 0 Å². The molecule has 2 aromatic rings. The van der Waals surface area contributed by atoms with Gasteiger partial charge in [0.1, 0.15) is 0 Å². The Hall–Kier alpha value is -2.86. The van der Waals surface area contributed by atoms with Gasteiger partial charge in [0.15, 0.2) is 5.96 Å². The smallest absolute Gasteiger partial charge is 0.251 e. The lowest BCUT2D eigenvalue weighted by Crippen LogP contribution is -2.38. The van der Waals surface area contributed by atoms with Crippen LogP contribution >= 0.6 is 0 Å². The Labute approximate surface area is 160 Å². The quantitative estimate of drug-likeness (QED) is 0.425. The van der Waals surface area contributed by atoms with Gasteiger partial charge < -0.3 is 21.1 Å². The van der Waals surface area contributed by atoms with Gasteiger partial charge in [-0.1, -0.05) is 42.5 Å². The van der Waals surface area contributed by atoms with Gasteiger partial charge in [0.2, 0.25) is 0 Å². The third-order valence-electron chi connectivity index (χ3n) is 4.07. The number of hydrogen-bond donors (Lipinski definition) is 4. The van der Waals surface area contributed by atoms with Crippen LogP contribution < -0.4 is 16.0 Å². The van der Waals surface area contributed by atoms with Crippen LogP contribution in [0, 0.1) is 0 Å². The van der Waals surface area contributed by atoms with Gasteiger partial charge >= 0.3 is 0 Å². The lowest BCUT2D eigenvalue weighted by atomic mass is 10.1. The van der Waals surface area contributed by atoms with Crippen molar-refractivity contribution in [1.82, 2.24) is 16.0 Å². The number of aliphatic hydroxyl groups excluding tert-OH is 1. The molecule has 0 fully saturated rings. The first-order valence-corrected chi connectivity index (χ1v) is 9.20. The van der Waals surface area contributed by atoms with E-state index in [0.29, 0.717) is 31.0 Å². The van der Waals surface area contributed by atoms with Crippen LogP contribution in [-0.2, 0) is 6.54 Å². The van der Waals surface area contributed by atoms with Crippen molar-refractivity contribution < 1.29 is 9.90 Å². The Morgan fingerprint density at radius 2 is 1.89 bits per heavy atom. The fourth-order valence-corrected chi connectivity index (χ4v) is 2.64. The van der Waals surface area contributed by atoms with E-state index >= 15 is 0 Å². The van der Waals surface area contributed by atoms with E-state index in [0.717, 1.165) is 17.7 Å². The Morgan fingerprint density at radius 1 is 1.11 bits per heavy atom. The second-order valence-corrected chi connectivity index (χ2v) is 6.12. The Balaban J connectivity index is 1.91. The molecule has 0 spiro atoms. The van der Waals surface area contributed by atoms with Crippen molar-refractivity contribution in [3.05, 3.63) is 71.3 Å². The maximum atomic E-state index is 11.7. The first-order chi connectivity index (χ1) is 13.1. The number of hydrogen-bond acceptors (Lipinski definition) is 3. The highest BCUT2D eigenvalue weighted by atomic mass is 16.3. The van der Waals surface area contributed by atoms with Crippen molar-refractivity contribution in [1.29, 1.82) is 0 Å². The maximum absolute atomic E-state index is 11.7. The zero-order valence-electron chi connectivity index (χ0n) is 15.9. The summed E-state index contributed by atoms with van der Waals surface area (Å²) < 4.78 is 0. The van der Waals surface area contributed by atoms with Crippen LogP contribution in [0.2, 0.25) is 0 Å². The summed E-state index contributed by atoms with van der Waals surface area (Å²) >= 11 is 0. The molecule has 0 aliphatic rings. The first kappa shape index (κ1) is 20.5. The van der Waals surface area contributed by atoms with Gasteiger partial charge in [-0.3, -0.25) is 4.79 Å². The van der Waals surface area contributed by atoms with E-state index in [-0.39, 0.29) is 5.91 Å². The Morgan fingerprint density at radius 3 is 2.59 bits per heavy atom. The number of carbonyl (C=O) groups is 1. The molecule has 0 heterocycles. The van der Waals surface area contributed by atoms with Crippen molar-refractivity contribution >= 4 is 11.9 Å². The standard InChI is InChI=1S/C21H28N4O2/c1-3-23-21(24-13-12-19(26)17-9-5-4-6-10-17)25-15-16-8-7-11-18(14-16)20(27)22-2/h4-11,14,19,26H,3,12-13,15H2,1-2H3,(H,22,27)(H2,23,24,25). The summed E-state index contributed by atoms with van der Waals surface area (Å²) in [5.41, 5.74) is 2.49. The van der Waals surface area contributed by atoms with Crippen LogP contribution in [0.5, 0.6) is 0 Å². The third-order valence-corrected chi connectivity index (χ3v) is 4.07. The monoisotopic (exact) mass is 368 g/mol. The molecule has 2 rings (SSSR count). The highest BCUT2D eigenvalue weighted by Crippen LogP contribution is 2.14. The lowest BCUT2D eigenvalue weighted by Gasteiger charge is -2.14. The Kier molecular flexibility index (Phi) is 8.32. The van der Waals surface area contributed by atoms with Crippen molar-refractivity contribution in [2.45, 2.75) is 26.0 Å². The summed E-state index contributed by atoms with van der Waals surface area (Å²) in [6.45, 7) is 3.80. The lowest BCUT2D eigenvalue weighted by molar-refractivity contribution is 0.0963. The van der Waals surface area contributed by atoms with Crippen LogP contribution in [-0.4, -0.2) is 37.1 Å². The average molecular weight is 368 g/mol. The van der Waals surface area contributed by atoms with Crippen molar-refractivity contribution in [2.75, 3.05) is 20.1 Å². The summed E-state index contributed by atoms with van der Waals surface area (Å²) in [5.74, 6) is 0.573. The summed E-state index contributed by atoms with van der Waals surface area (Å²) in [5, 5.41) is 19.3. The molecule has 0 aliphatic carbocycles. The van der Waals surface area contributed by atoms with Crippen LogP contribution in [0.4, 0.5) is 0 Å². The molecular weight excluding hydrogens is 340 g/mol. The minimum absolute atomic E-state index is 0.110. The van der Waals surface area contributed by atoms with Gasteiger partial charge in [0.25, 0.3) is 5.91 Å². The van der Waals surface area contributed by atoms with Crippen LogP contribution in [0.15, 0.2) is 59.6 Å². The number of aliphatic imine (C=N–C) groups is 1. The molecule has 0 radical (unpaired) electrons. The molecule has 1 amide bonds. The van der Waals surface area contributed by atoms with E-state index in [1.165, 1.54) is 0 Å². The number of nitrogens with zero attached hydrogens (tertiary/aromatic N) is 1. The van der Waals surface area contributed by atoms with Gasteiger partial charge in [0, 0.05) is 25.7 Å². The van der Waals surface area contributed by atoms with E-state index in [9.17, 15) is 9.90 Å². The number of nitrogens with one attached hydrogen (secondary N) is 3. The average Bonchev–Trinajstić information content (AvgIpc) is 2.72. The fourth-order valence-electron chi connectivity index (χ4n) is 2.64. The molecule has 1 atom stereocenters. The summed E-state index contributed by atoms with van der Waals surface area (Å²) in [4.78, 5) is 16.3. The van der Waals surface area contributed by atoms with Crippen LogP contribution in [0.1, 0.15) is 40.9 Å². The topological polar surface area (TPSA) is 85.8 Å². The number of benzene rings is 2. The minimum atomic E-state index is -0.509. The second-order valence-electron chi connectivity index (χ2n) is 6.12. The molecule has 0 saturated heterocycles. The summed E-state index contributed by atoms with van der Waals surface area (Å²) in [6.07, 6.45) is 0.0754. The minimum Gasteiger partial charge on any atom is -0.388 e. The predicted molar refractivity (Wildman–Crippen MR) is 109 cm³/mol. The number of guanidine groups is 1. The van der Waals surface area contributed by atoms with Crippen LogP contribution in [0.25, 0.3) is 0 Å². The van der Waals surface area contributed by atoms with E-state index in [1.54, 1.807) is 13.1 Å². The molecule has 0 bridgehead atoms. The zero-order valence-corrected chi connectivity index (χ0v) is 15.9. The Bertz CT molecular complexity index is 747. The summed E-state index contributed by atoms with van der Waals surface area (Å²) in [6, 6.07) is 17.0. The molecule has 2 aromatic carbocycles. The van der Waals surface area contributed by atoms with Gasteiger partial charge in [-0.05, 0) is 36.6 Å². The SMILES string of the molecule is CCNC(=NCc1cccc(C(=O)NC)c1)NCCC(O)c1ccccc1. The number of carbonyl (C=O) groups excluding carboxylic acids is 1. The number of aliphatic hydroxyl groups is 1. The molecule has 6 nitrogen and oxygen atoms in total. The third kappa shape index (κ3) is 6.75. The van der Waals surface area contributed by atoms with Gasteiger partial charge in [-0.2, -0.15) is 0 Å². The first-order valence-electron chi connectivity index (χ1n) is 9.20. The summed E-state index contributed by atoms with van der Waals surface area (Å²) in [7, 11) is 1.62. The fraction of sp³-hybridized carbons (Fsp3) is 0.333. The number of rotatable bonds is 8. The van der Waals surface area contributed by atoms with E-state index < -0.39 is 6.10 Å². The number of amides is 1. The van der Waals surface area contributed by atoms with Crippen molar-refractivity contribution in [2.24, 2.45) is 4.99 Å². The predicted octanol–water partition coefficient (Wildman–Crippen LogP) is 2.22. The van der Waals surface area contributed by atoms with E-state index in [1.807, 2.05) is 55.5 Å². The van der Waals surface area contributed by atoms with E-state index in [4.69, 9.17) is 0 Å². The molecule has 1 unspecified atom stereocenters. The highest BCUT2D eigenvalue weighted by Gasteiger charge is 2.07. The van der Waals surface area contributed by atoms with Crippen molar-refractivity contribution in [3.8, 4) is 0 Å². The maximum Gasteiger partial charge on any atom is 0.251 e. The molecule has 6 heteroatoms. The molecule has 144 valence electrons. The molecule has 0 saturated carbocycles. The molecule has 0 aliphatic heterocycles. The molecule has 27 heavy (non-hydrogen) atoms. The highest BCUT2D eigenvalue weighted by molar-refractivity contribution is 5.94. The second kappa shape index (κ2) is 11.0. The molecule has 4 N–H and O–H groups in total. The largest absolute Gasteiger partial charge is 0.388 e. The van der Waals surface area contributed by atoms with Crippen molar-refractivity contribution in [3.63, 3.8) is 0 Å².